The van der Waals surface area contributed by atoms with Crippen LogP contribution in [0.3, 0.4) is 0 Å². The summed E-state index contributed by atoms with van der Waals surface area (Å²) in [5.41, 5.74) is 1.68. The van der Waals surface area contributed by atoms with E-state index >= 15 is 0 Å². The zero-order valence-corrected chi connectivity index (χ0v) is 19.6. The molecule has 0 saturated carbocycles. The molecule has 0 bridgehead atoms. The number of aryl methyl sites for hydroxylation is 1. The zero-order valence-electron chi connectivity index (χ0n) is 18.8. The first-order valence-electron chi connectivity index (χ1n) is 10.8. The molecule has 35 heavy (non-hydrogen) atoms. The maximum Gasteiger partial charge on any atom is 0.264 e. The highest BCUT2D eigenvalue weighted by atomic mass is 32.2. The summed E-state index contributed by atoms with van der Waals surface area (Å²) in [7, 11) is -4.36. The summed E-state index contributed by atoms with van der Waals surface area (Å²) < 4.78 is 60.9. The van der Waals surface area contributed by atoms with Crippen LogP contribution in [0.15, 0.2) is 65.6 Å². The van der Waals surface area contributed by atoms with E-state index in [0.717, 1.165) is 34.8 Å². The molecule has 0 radical (unpaired) electrons. The Balaban J connectivity index is 1.31. The summed E-state index contributed by atoms with van der Waals surface area (Å²) in [4.78, 5) is -0.603. The van der Waals surface area contributed by atoms with E-state index in [4.69, 9.17) is 4.74 Å². The van der Waals surface area contributed by atoms with Crippen LogP contribution in [-0.4, -0.2) is 43.4 Å². The predicted molar refractivity (Wildman–Crippen MR) is 128 cm³/mol. The van der Waals surface area contributed by atoms with Crippen molar-refractivity contribution in [1.29, 1.82) is 0 Å². The van der Waals surface area contributed by atoms with Crippen LogP contribution in [0.1, 0.15) is 17.4 Å². The predicted octanol–water partition coefficient (Wildman–Crippen LogP) is 3.65. The van der Waals surface area contributed by atoms with Gasteiger partial charge in [-0.1, -0.05) is 18.2 Å². The number of nitrogens with zero attached hydrogens (tertiary/aromatic N) is 1. The van der Waals surface area contributed by atoms with Gasteiger partial charge in [-0.15, -0.1) is 0 Å². The minimum atomic E-state index is -4.36. The van der Waals surface area contributed by atoms with Crippen LogP contribution < -0.4 is 14.8 Å². The smallest absolute Gasteiger partial charge is 0.264 e. The quantitative estimate of drug-likeness (QED) is 0.246. The number of rotatable bonds is 10. The Hall–Kier alpha value is -3.54. The first-order chi connectivity index (χ1) is 16.7. The van der Waals surface area contributed by atoms with E-state index in [0.29, 0.717) is 18.9 Å². The van der Waals surface area contributed by atoms with Gasteiger partial charge in [0.2, 0.25) is 0 Å². The minimum absolute atomic E-state index is 0.117. The third-order valence-electron chi connectivity index (χ3n) is 5.35. The summed E-state index contributed by atoms with van der Waals surface area (Å²) in [6.07, 6.45) is -1.05. The van der Waals surface area contributed by atoms with E-state index in [-0.39, 0.29) is 12.1 Å². The standard InChI is InChI=1S/C24H24F2N4O4S/c1-15-18-8-7-17(13-21(18)29-28-15)34-11-10-27-14-23(31)16-6-9-19(25)22(12-16)30-35(32,33)24-5-3-2-4-20(24)26/h2-9,12-13,23,27,30-31H,10-11,14H2,1H3,(H,28,29). The second-order valence-corrected chi connectivity index (χ2v) is 9.52. The van der Waals surface area contributed by atoms with Crippen LogP contribution >= 0.6 is 0 Å². The molecule has 4 aromatic rings. The highest BCUT2D eigenvalue weighted by Gasteiger charge is 2.21. The number of aliphatic hydroxyl groups is 1. The molecule has 1 aromatic heterocycles. The fourth-order valence-electron chi connectivity index (χ4n) is 3.50. The number of H-pyrrole nitrogens is 1. The SMILES string of the molecule is Cc1[nH]nc2cc(OCCNCC(O)c3ccc(F)c(NS(=O)(=O)c4ccccc4F)c3)ccc12. The van der Waals surface area contributed by atoms with Crippen LogP contribution in [0, 0.1) is 18.6 Å². The molecule has 0 saturated heterocycles. The Bertz CT molecular complexity index is 1440. The van der Waals surface area contributed by atoms with Crippen molar-refractivity contribution in [3.63, 3.8) is 0 Å². The number of fused-ring (bicyclic) bond motifs is 1. The molecule has 1 unspecified atom stereocenters. The Morgan fingerprint density at radius 3 is 2.69 bits per heavy atom. The molecular weight excluding hydrogens is 478 g/mol. The lowest BCUT2D eigenvalue weighted by atomic mass is 10.1. The number of aromatic amines is 1. The third-order valence-corrected chi connectivity index (χ3v) is 6.75. The summed E-state index contributed by atoms with van der Waals surface area (Å²) in [5.74, 6) is -1.15. The average molecular weight is 503 g/mol. The van der Waals surface area contributed by atoms with Gasteiger partial charge in [0.1, 0.15) is 28.9 Å². The zero-order chi connectivity index (χ0) is 25.0. The molecule has 184 valence electrons. The highest BCUT2D eigenvalue weighted by molar-refractivity contribution is 7.92. The van der Waals surface area contributed by atoms with Gasteiger partial charge in [-0.3, -0.25) is 9.82 Å². The molecule has 8 nitrogen and oxygen atoms in total. The fraction of sp³-hybridized carbons (Fsp3) is 0.208. The molecule has 1 heterocycles. The summed E-state index contributed by atoms with van der Waals surface area (Å²) in [6.45, 7) is 2.81. The van der Waals surface area contributed by atoms with Gasteiger partial charge < -0.3 is 15.2 Å². The number of hydrogen-bond donors (Lipinski definition) is 4. The molecule has 0 fully saturated rings. The molecule has 0 aliphatic carbocycles. The number of anilines is 1. The number of aliphatic hydroxyl groups excluding tert-OH is 1. The molecule has 1 atom stereocenters. The van der Waals surface area contributed by atoms with Crippen molar-refractivity contribution < 1.29 is 27.0 Å². The lowest BCUT2D eigenvalue weighted by Gasteiger charge is -2.15. The molecule has 0 aliphatic rings. The van der Waals surface area contributed by atoms with E-state index in [1.807, 2.05) is 29.8 Å². The van der Waals surface area contributed by atoms with Gasteiger partial charge in [0.25, 0.3) is 10.0 Å². The summed E-state index contributed by atoms with van der Waals surface area (Å²) in [6, 6.07) is 13.9. The fourth-order valence-corrected chi connectivity index (χ4v) is 4.64. The van der Waals surface area contributed by atoms with E-state index in [1.165, 1.54) is 24.3 Å². The second kappa shape index (κ2) is 10.4. The van der Waals surface area contributed by atoms with Crippen molar-refractivity contribution in [2.24, 2.45) is 0 Å². The number of ether oxygens (including phenoxy) is 1. The van der Waals surface area contributed by atoms with Gasteiger partial charge in [0, 0.05) is 30.2 Å². The highest BCUT2D eigenvalue weighted by Crippen LogP contribution is 2.25. The lowest BCUT2D eigenvalue weighted by molar-refractivity contribution is 0.172. The minimum Gasteiger partial charge on any atom is -0.492 e. The van der Waals surface area contributed by atoms with Gasteiger partial charge in [0.05, 0.1) is 17.3 Å². The van der Waals surface area contributed by atoms with Crippen molar-refractivity contribution in [3.8, 4) is 5.75 Å². The Morgan fingerprint density at radius 1 is 1.09 bits per heavy atom. The second-order valence-electron chi connectivity index (χ2n) is 7.87. The number of benzene rings is 3. The number of halogens is 2. The first kappa shape index (κ1) is 24.6. The Morgan fingerprint density at radius 2 is 1.89 bits per heavy atom. The van der Waals surface area contributed by atoms with Crippen molar-refractivity contribution in [2.75, 3.05) is 24.4 Å². The van der Waals surface area contributed by atoms with Gasteiger partial charge in [-0.05, 0) is 48.9 Å². The van der Waals surface area contributed by atoms with Crippen LogP contribution in [0.2, 0.25) is 0 Å². The van der Waals surface area contributed by atoms with Gasteiger partial charge >= 0.3 is 0 Å². The largest absolute Gasteiger partial charge is 0.492 e. The van der Waals surface area contributed by atoms with E-state index in [1.54, 1.807) is 0 Å². The molecule has 4 N–H and O–H groups in total. The van der Waals surface area contributed by atoms with Gasteiger partial charge in [0.15, 0.2) is 0 Å². The summed E-state index contributed by atoms with van der Waals surface area (Å²) >= 11 is 0. The van der Waals surface area contributed by atoms with Gasteiger partial charge in [-0.25, -0.2) is 17.2 Å². The maximum atomic E-state index is 14.3. The summed E-state index contributed by atoms with van der Waals surface area (Å²) in [5, 5.41) is 21.6. The van der Waals surface area contributed by atoms with Crippen LogP contribution in [-0.2, 0) is 10.0 Å². The molecule has 0 aliphatic heterocycles. The number of aromatic nitrogens is 2. The van der Waals surface area contributed by atoms with E-state index in [2.05, 4.69) is 15.5 Å². The molecule has 11 heteroatoms. The van der Waals surface area contributed by atoms with Crippen molar-refractivity contribution >= 4 is 26.6 Å². The molecule has 0 spiro atoms. The lowest BCUT2D eigenvalue weighted by Crippen LogP contribution is -2.26. The molecule has 3 aromatic carbocycles. The number of hydrogen-bond acceptors (Lipinski definition) is 6. The van der Waals surface area contributed by atoms with Crippen LogP contribution in [0.4, 0.5) is 14.5 Å². The van der Waals surface area contributed by atoms with Crippen LogP contribution in [0.25, 0.3) is 10.9 Å². The topological polar surface area (TPSA) is 116 Å². The monoisotopic (exact) mass is 502 g/mol. The Kier molecular flexibility index (Phi) is 7.29. The van der Waals surface area contributed by atoms with Crippen molar-refractivity contribution in [1.82, 2.24) is 15.5 Å². The van der Waals surface area contributed by atoms with Crippen molar-refractivity contribution in [3.05, 3.63) is 83.6 Å². The van der Waals surface area contributed by atoms with E-state index < -0.39 is 38.3 Å². The Labute approximate surface area is 201 Å². The van der Waals surface area contributed by atoms with E-state index in [9.17, 15) is 22.3 Å². The molecular formula is C24H24F2N4O4S. The number of nitrogens with one attached hydrogen (secondary N) is 3. The van der Waals surface area contributed by atoms with Crippen molar-refractivity contribution in [2.45, 2.75) is 17.9 Å². The first-order valence-corrected chi connectivity index (χ1v) is 12.3. The van der Waals surface area contributed by atoms with Crippen LogP contribution in [0.5, 0.6) is 5.75 Å². The normalized spacial score (nSPS) is 12.6. The third kappa shape index (κ3) is 5.76. The number of sulfonamides is 1. The molecule has 4 rings (SSSR count). The maximum absolute atomic E-state index is 14.3. The average Bonchev–Trinajstić information content (AvgIpc) is 3.20. The van der Waals surface area contributed by atoms with Gasteiger partial charge in [-0.2, -0.15) is 5.10 Å². The molecule has 0 amide bonds.